The van der Waals surface area contributed by atoms with Crippen molar-refractivity contribution in [3.63, 3.8) is 0 Å². The highest BCUT2D eigenvalue weighted by atomic mass is 35.5. The summed E-state index contributed by atoms with van der Waals surface area (Å²) < 4.78 is 0. The summed E-state index contributed by atoms with van der Waals surface area (Å²) in [7, 11) is 0. The molecule has 0 unspecified atom stereocenters. The third kappa shape index (κ3) is 5.35. The lowest BCUT2D eigenvalue weighted by atomic mass is 9.83. The van der Waals surface area contributed by atoms with E-state index in [4.69, 9.17) is 27.9 Å². The average Bonchev–Trinajstić information content (AvgIpc) is 2.67. The standard InChI is InChI=1S/C20H25ClN6O2/c1-11-5-7-12(8-6-11)10-24-16-15(13-3-2-4-14(21)9-13)25-19(26-17(16)22)18(23)27-20(28)29/h2-4,9,11-12,24H,5-8,10H2,1H3,(H2,23,27)(H,28,29)(H2,22,25,26)/t11-,12-. The molecule has 0 saturated heterocycles. The Bertz CT molecular complexity index is 912. The van der Waals surface area contributed by atoms with Crippen LogP contribution in [0.5, 0.6) is 0 Å². The molecule has 0 atom stereocenters. The third-order valence-electron chi connectivity index (χ3n) is 5.19. The molecule has 0 aliphatic heterocycles. The summed E-state index contributed by atoms with van der Waals surface area (Å²) in [5.41, 5.74) is 7.94. The number of aromatic nitrogens is 2. The van der Waals surface area contributed by atoms with E-state index in [9.17, 15) is 4.79 Å². The molecule has 1 fully saturated rings. The summed E-state index contributed by atoms with van der Waals surface area (Å²) >= 11 is 6.14. The van der Waals surface area contributed by atoms with Crippen LogP contribution in [0.4, 0.5) is 16.3 Å². The zero-order chi connectivity index (χ0) is 21.0. The van der Waals surface area contributed by atoms with E-state index in [1.54, 1.807) is 18.2 Å². The topological polar surface area (TPSA) is 137 Å². The van der Waals surface area contributed by atoms with Gasteiger partial charge < -0.3 is 16.2 Å². The number of benzene rings is 1. The molecule has 3 rings (SSSR count). The zero-order valence-corrected chi connectivity index (χ0v) is 17.0. The summed E-state index contributed by atoms with van der Waals surface area (Å²) in [5.74, 6) is 0.932. The van der Waals surface area contributed by atoms with Gasteiger partial charge in [-0.1, -0.05) is 43.5 Å². The predicted molar refractivity (Wildman–Crippen MR) is 114 cm³/mol. The van der Waals surface area contributed by atoms with Gasteiger partial charge >= 0.3 is 6.09 Å². The van der Waals surface area contributed by atoms with Gasteiger partial charge in [0.25, 0.3) is 0 Å². The average molecular weight is 417 g/mol. The lowest BCUT2D eigenvalue weighted by Crippen LogP contribution is -2.31. The number of nitrogen functional groups attached to an aromatic ring is 1. The van der Waals surface area contributed by atoms with E-state index in [1.165, 1.54) is 12.8 Å². The van der Waals surface area contributed by atoms with E-state index < -0.39 is 11.9 Å². The number of hydrogen-bond acceptors (Lipinski definition) is 6. The molecule has 6 N–H and O–H groups in total. The van der Waals surface area contributed by atoms with Crippen LogP contribution in [0, 0.1) is 17.2 Å². The van der Waals surface area contributed by atoms with Crippen molar-refractivity contribution < 1.29 is 9.90 Å². The van der Waals surface area contributed by atoms with Crippen LogP contribution in [-0.4, -0.2) is 33.5 Å². The molecule has 1 saturated carbocycles. The van der Waals surface area contributed by atoms with E-state index >= 15 is 0 Å². The number of nitrogens with one attached hydrogen (secondary N) is 3. The van der Waals surface area contributed by atoms with Gasteiger partial charge in [-0.15, -0.1) is 0 Å². The number of halogens is 1. The second kappa shape index (κ2) is 9.09. The summed E-state index contributed by atoms with van der Waals surface area (Å²) in [4.78, 5) is 19.4. The Balaban J connectivity index is 1.93. The van der Waals surface area contributed by atoms with Crippen molar-refractivity contribution in [1.82, 2.24) is 15.3 Å². The Labute approximate surface area is 174 Å². The highest BCUT2D eigenvalue weighted by Gasteiger charge is 2.21. The first-order valence-electron chi connectivity index (χ1n) is 9.59. The second-order valence-corrected chi connectivity index (χ2v) is 7.91. The van der Waals surface area contributed by atoms with Gasteiger partial charge in [-0.05, 0) is 36.8 Å². The molecule has 2 aromatic rings. The van der Waals surface area contributed by atoms with Gasteiger partial charge in [-0.2, -0.15) is 0 Å². The molecule has 1 amide bonds. The molecule has 1 heterocycles. The molecule has 0 bridgehead atoms. The lowest BCUT2D eigenvalue weighted by Gasteiger charge is -2.27. The Kier molecular flexibility index (Phi) is 6.53. The normalized spacial score (nSPS) is 18.8. The van der Waals surface area contributed by atoms with Crippen LogP contribution in [0.2, 0.25) is 5.02 Å². The minimum Gasteiger partial charge on any atom is -0.465 e. The number of nitrogens with zero attached hydrogens (tertiary/aromatic N) is 2. The van der Waals surface area contributed by atoms with Crippen LogP contribution < -0.4 is 16.4 Å². The fraction of sp³-hybridized carbons (Fsp3) is 0.400. The maximum Gasteiger partial charge on any atom is 0.410 e. The van der Waals surface area contributed by atoms with Crippen molar-refractivity contribution in [2.45, 2.75) is 32.6 Å². The Morgan fingerprint density at radius 2 is 2.03 bits per heavy atom. The van der Waals surface area contributed by atoms with Crippen LogP contribution in [0.15, 0.2) is 24.3 Å². The van der Waals surface area contributed by atoms with Gasteiger partial charge in [0.1, 0.15) is 5.69 Å². The molecule has 1 aliphatic rings. The number of rotatable bonds is 5. The number of hydrogen-bond donors (Lipinski definition) is 5. The maximum absolute atomic E-state index is 10.9. The second-order valence-electron chi connectivity index (χ2n) is 7.48. The summed E-state index contributed by atoms with van der Waals surface area (Å²) in [5, 5.41) is 22.6. The number of anilines is 2. The number of carboxylic acid groups (broad SMARTS) is 1. The molecule has 29 heavy (non-hydrogen) atoms. The van der Waals surface area contributed by atoms with E-state index in [-0.39, 0.29) is 11.6 Å². The summed E-state index contributed by atoms with van der Waals surface area (Å²) in [6.07, 6.45) is 3.39. The zero-order valence-electron chi connectivity index (χ0n) is 16.2. The van der Waals surface area contributed by atoms with E-state index in [2.05, 4.69) is 22.2 Å². The maximum atomic E-state index is 10.9. The van der Waals surface area contributed by atoms with Crippen molar-refractivity contribution in [2.24, 2.45) is 11.8 Å². The molecule has 1 aliphatic carbocycles. The molecule has 0 radical (unpaired) electrons. The van der Waals surface area contributed by atoms with E-state index in [1.807, 2.05) is 11.4 Å². The molecule has 1 aromatic carbocycles. The lowest BCUT2D eigenvalue weighted by molar-refractivity contribution is 0.200. The van der Waals surface area contributed by atoms with Crippen molar-refractivity contribution in [1.29, 1.82) is 5.41 Å². The Morgan fingerprint density at radius 1 is 1.31 bits per heavy atom. The third-order valence-corrected chi connectivity index (χ3v) is 5.43. The van der Waals surface area contributed by atoms with Crippen LogP contribution in [-0.2, 0) is 0 Å². The smallest absolute Gasteiger partial charge is 0.410 e. The number of carbonyl (C=O) groups is 1. The van der Waals surface area contributed by atoms with E-state index in [0.29, 0.717) is 27.9 Å². The largest absolute Gasteiger partial charge is 0.465 e. The van der Waals surface area contributed by atoms with Crippen LogP contribution in [0.25, 0.3) is 11.3 Å². The first-order chi connectivity index (χ1) is 13.8. The monoisotopic (exact) mass is 416 g/mol. The van der Waals surface area contributed by atoms with Gasteiger partial charge in [0.05, 0.1) is 5.69 Å². The van der Waals surface area contributed by atoms with Crippen molar-refractivity contribution in [3.05, 3.63) is 35.1 Å². The highest BCUT2D eigenvalue weighted by Crippen LogP contribution is 2.33. The summed E-state index contributed by atoms with van der Waals surface area (Å²) in [6.45, 7) is 3.03. The number of amides is 1. The van der Waals surface area contributed by atoms with Crippen molar-refractivity contribution in [3.8, 4) is 11.3 Å². The quantitative estimate of drug-likeness (QED) is 0.365. The van der Waals surface area contributed by atoms with Crippen LogP contribution >= 0.6 is 11.6 Å². The van der Waals surface area contributed by atoms with Gasteiger partial charge in [0.2, 0.25) is 0 Å². The molecular formula is C20H25ClN6O2. The van der Waals surface area contributed by atoms with Crippen LogP contribution in [0.3, 0.4) is 0 Å². The van der Waals surface area contributed by atoms with E-state index in [0.717, 1.165) is 25.3 Å². The Morgan fingerprint density at radius 3 is 2.69 bits per heavy atom. The SMILES string of the molecule is C[C@H]1CC[C@H](CNc2c(N)nc(C(=N)NC(=O)O)nc2-c2cccc(Cl)c2)CC1. The fourth-order valence-corrected chi connectivity index (χ4v) is 3.74. The number of nitrogens with two attached hydrogens (primary N) is 1. The minimum absolute atomic E-state index is 0.100. The fourth-order valence-electron chi connectivity index (χ4n) is 3.55. The van der Waals surface area contributed by atoms with Crippen LogP contribution in [0.1, 0.15) is 38.4 Å². The van der Waals surface area contributed by atoms with Crippen molar-refractivity contribution >= 4 is 35.0 Å². The Hall–Kier alpha value is -2.87. The molecule has 1 aromatic heterocycles. The summed E-state index contributed by atoms with van der Waals surface area (Å²) in [6, 6.07) is 7.12. The van der Waals surface area contributed by atoms with Gasteiger partial charge in [-0.25, -0.2) is 14.8 Å². The van der Waals surface area contributed by atoms with Gasteiger partial charge in [0, 0.05) is 17.1 Å². The van der Waals surface area contributed by atoms with Crippen molar-refractivity contribution in [2.75, 3.05) is 17.6 Å². The minimum atomic E-state index is -1.37. The molecular weight excluding hydrogens is 392 g/mol. The molecule has 0 spiro atoms. The predicted octanol–water partition coefficient (Wildman–Crippen LogP) is 4.21. The first kappa shape index (κ1) is 20.9. The number of amidine groups is 1. The highest BCUT2D eigenvalue weighted by molar-refractivity contribution is 6.30. The van der Waals surface area contributed by atoms with Gasteiger partial charge in [0.15, 0.2) is 17.5 Å². The molecule has 8 nitrogen and oxygen atoms in total. The first-order valence-corrected chi connectivity index (χ1v) is 9.97. The molecule has 154 valence electrons. The molecule has 9 heteroatoms. The van der Waals surface area contributed by atoms with Gasteiger partial charge in [-0.3, -0.25) is 10.7 Å².